The first-order valence-electron chi connectivity index (χ1n) is 4.08. The van der Waals surface area contributed by atoms with Crippen LogP contribution in [0.15, 0.2) is 18.5 Å². The maximum absolute atomic E-state index is 5.80. The molecule has 1 aromatic carbocycles. The second-order valence-corrected chi connectivity index (χ2v) is 3.08. The summed E-state index contributed by atoms with van der Waals surface area (Å²) in [6, 6.07) is 1.76. The van der Waals surface area contributed by atoms with Gasteiger partial charge in [-0.3, -0.25) is 4.98 Å². The average molecular weight is 189 g/mol. The van der Waals surface area contributed by atoms with Gasteiger partial charge in [0.05, 0.1) is 22.7 Å². The highest BCUT2D eigenvalue weighted by Crippen LogP contribution is 2.37. The number of benzene rings is 1. The second-order valence-electron chi connectivity index (χ2n) is 3.08. The molecule has 0 unspecified atom stereocenters. The third kappa shape index (κ3) is 0.922. The van der Waals surface area contributed by atoms with E-state index in [1.54, 1.807) is 18.5 Å². The molecule has 0 spiro atoms. The fourth-order valence-electron chi connectivity index (χ4n) is 1.42. The molecule has 8 N–H and O–H groups in total. The molecule has 14 heavy (non-hydrogen) atoms. The van der Waals surface area contributed by atoms with Gasteiger partial charge in [0.1, 0.15) is 0 Å². The van der Waals surface area contributed by atoms with E-state index in [0.29, 0.717) is 22.7 Å². The van der Waals surface area contributed by atoms with E-state index in [4.69, 9.17) is 22.9 Å². The van der Waals surface area contributed by atoms with Gasteiger partial charge >= 0.3 is 0 Å². The van der Waals surface area contributed by atoms with Crippen molar-refractivity contribution in [1.82, 2.24) is 4.98 Å². The maximum Gasteiger partial charge on any atom is 0.0810 e. The fourth-order valence-corrected chi connectivity index (χ4v) is 1.42. The number of rotatable bonds is 0. The first-order valence-corrected chi connectivity index (χ1v) is 4.08. The summed E-state index contributed by atoms with van der Waals surface area (Å²) in [6.07, 6.45) is 3.25. The molecule has 2 rings (SSSR count). The fraction of sp³-hybridized carbons (Fsp3) is 0. The summed E-state index contributed by atoms with van der Waals surface area (Å²) < 4.78 is 0. The van der Waals surface area contributed by atoms with Crippen molar-refractivity contribution in [3.63, 3.8) is 0 Å². The molecule has 0 saturated carbocycles. The van der Waals surface area contributed by atoms with Crippen LogP contribution in [0.1, 0.15) is 0 Å². The van der Waals surface area contributed by atoms with Crippen LogP contribution < -0.4 is 22.9 Å². The summed E-state index contributed by atoms with van der Waals surface area (Å²) in [5, 5.41) is 1.51. The zero-order valence-electron chi connectivity index (χ0n) is 7.49. The van der Waals surface area contributed by atoms with Gasteiger partial charge in [-0.2, -0.15) is 0 Å². The molecule has 1 heterocycles. The molecular formula is C9H11N5. The number of hydrogen-bond donors (Lipinski definition) is 4. The van der Waals surface area contributed by atoms with Crippen LogP contribution in [0, 0.1) is 0 Å². The van der Waals surface area contributed by atoms with Gasteiger partial charge in [-0.15, -0.1) is 0 Å². The normalized spacial score (nSPS) is 10.6. The molecule has 5 heteroatoms. The standard InChI is InChI=1S/C9H11N5/c10-6-4-1-2-14-3-5(4)7(11)9(13)8(6)12/h1-3H,10-13H2. The van der Waals surface area contributed by atoms with Gasteiger partial charge in [0.15, 0.2) is 0 Å². The second kappa shape index (κ2) is 2.66. The van der Waals surface area contributed by atoms with Gasteiger partial charge in [-0.1, -0.05) is 0 Å². The summed E-state index contributed by atoms with van der Waals surface area (Å²) in [7, 11) is 0. The molecule has 0 aliphatic carbocycles. The Morgan fingerprint density at radius 2 is 1.36 bits per heavy atom. The van der Waals surface area contributed by atoms with E-state index in [1.807, 2.05) is 0 Å². The number of pyridine rings is 1. The van der Waals surface area contributed by atoms with E-state index in [0.717, 1.165) is 10.8 Å². The van der Waals surface area contributed by atoms with Crippen LogP contribution in [0.5, 0.6) is 0 Å². The van der Waals surface area contributed by atoms with Crippen LogP contribution in [-0.2, 0) is 0 Å². The lowest BCUT2D eigenvalue weighted by molar-refractivity contribution is 1.36. The summed E-state index contributed by atoms with van der Waals surface area (Å²) in [4.78, 5) is 3.95. The van der Waals surface area contributed by atoms with E-state index < -0.39 is 0 Å². The predicted molar refractivity (Wildman–Crippen MR) is 59.4 cm³/mol. The number of nitrogen functional groups attached to an aromatic ring is 4. The third-order valence-corrected chi connectivity index (χ3v) is 2.27. The first-order chi connectivity index (χ1) is 6.63. The van der Waals surface area contributed by atoms with Crippen LogP contribution in [-0.4, -0.2) is 4.98 Å². The molecule has 0 atom stereocenters. The Morgan fingerprint density at radius 3 is 2.00 bits per heavy atom. The van der Waals surface area contributed by atoms with Crippen molar-refractivity contribution in [2.45, 2.75) is 0 Å². The van der Waals surface area contributed by atoms with Crippen molar-refractivity contribution in [3.8, 4) is 0 Å². The number of fused-ring (bicyclic) bond motifs is 1. The van der Waals surface area contributed by atoms with E-state index in [-0.39, 0.29) is 0 Å². The van der Waals surface area contributed by atoms with Crippen LogP contribution in [0.25, 0.3) is 10.8 Å². The Labute approximate surface area is 80.7 Å². The van der Waals surface area contributed by atoms with Gasteiger partial charge < -0.3 is 22.9 Å². The molecule has 0 amide bonds. The highest BCUT2D eigenvalue weighted by molar-refractivity contribution is 6.11. The molecule has 0 aliphatic heterocycles. The molecule has 5 nitrogen and oxygen atoms in total. The monoisotopic (exact) mass is 189 g/mol. The number of nitrogens with zero attached hydrogens (tertiary/aromatic N) is 1. The summed E-state index contributed by atoms with van der Waals surface area (Å²) in [6.45, 7) is 0. The Balaban J connectivity index is 3.02. The molecule has 0 bridgehead atoms. The minimum Gasteiger partial charge on any atom is -0.396 e. The zero-order chi connectivity index (χ0) is 10.3. The van der Waals surface area contributed by atoms with Crippen molar-refractivity contribution >= 4 is 33.5 Å². The van der Waals surface area contributed by atoms with Crippen LogP contribution >= 0.6 is 0 Å². The van der Waals surface area contributed by atoms with Gasteiger partial charge in [0.25, 0.3) is 0 Å². The lowest BCUT2D eigenvalue weighted by Gasteiger charge is -2.11. The first kappa shape index (κ1) is 8.43. The van der Waals surface area contributed by atoms with E-state index in [9.17, 15) is 0 Å². The zero-order valence-corrected chi connectivity index (χ0v) is 7.49. The van der Waals surface area contributed by atoms with E-state index in [1.165, 1.54) is 0 Å². The molecule has 0 saturated heterocycles. The third-order valence-electron chi connectivity index (χ3n) is 2.27. The van der Waals surface area contributed by atoms with Gasteiger partial charge in [0.2, 0.25) is 0 Å². The SMILES string of the molecule is Nc1c(N)c(N)c2cnccc2c1N. The van der Waals surface area contributed by atoms with Crippen LogP contribution in [0.2, 0.25) is 0 Å². The number of nitrogens with two attached hydrogens (primary N) is 4. The molecule has 2 aromatic rings. The van der Waals surface area contributed by atoms with Crippen molar-refractivity contribution in [2.75, 3.05) is 22.9 Å². The minimum absolute atomic E-state index is 0.322. The molecule has 72 valence electrons. The Hall–Kier alpha value is -2.17. The Bertz CT molecular complexity index is 460. The Morgan fingerprint density at radius 1 is 0.786 bits per heavy atom. The number of hydrogen-bond acceptors (Lipinski definition) is 5. The summed E-state index contributed by atoms with van der Waals surface area (Å²) in [5.41, 5.74) is 24.5. The van der Waals surface area contributed by atoms with Crippen molar-refractivity contribution in [1.29, 1.82) is 0 Å². The lowest BCUT2D eigenvalue weighted by atomic mass is 10.1. The van der Waals surface area contributed by atoms with Crippen molar-refractivity contribution < 1.29 is 0 Å². The van der Waals surface area contributed by atoms with Crippen LogP contribution in [0.4, 0.5) is 22.7 Å². The highest BCUT2D eigenvalue weighted by atomic mass is 14.8. The van der Waals surface area contributed by atoms with Crippen molar-refractivity contribution in [2.24, 2.45) is 0 Å². The minimum atomic E-state index is 0.322. The molecule has 1 aromatic heterocycles. The van der Waals surface area contributed by atoms with E-state index >= 15 is 0 Å². The number of anilines is 4. The van der Waals surface area contributed by atoms with Crippen LogP contribution in [0.3, 0.4) is 0 Å². The van der Waals surface area contributed by atoms with Gasteiger partial charge in [-0.25, -0.2) is 0 Å². The number of aromatic nitrogens is 1. The van der Waals surface area contributed by atoms with E-state index in [2.05, 4.69) is 4.98 Å². The predicted octanol–water partition coefficient (Wildman–Crippen LogP) is 0.564. The van der Waals surface area contributed by atoms with Gasteiger partial charge in [-0.05, 0) is 6.07 Å². The summed E-state index contributed by atoms with van der Waals surface area (Å²) in [5.74, 6) is 0. The molecule has 0 fully saturated rings. The highest BCUT2D eigenvalue weighted by Gasteiger charge is 2.10. The summed E-state index contributed by atoms with van der Waals surface area (Å²) >= 11 is 0. The molecule has 0 aliphatic rings. The smallest absolute Gasteiger partial charge is 0.0810 e. The average Bonchev–Trinajstić information content (AvgIpc) is 2.23. The topological polar surface area (TPSA) is 117 Å². The maximum atomic E-state index is 5.80. The molecule has 0 radical (unpaired) electrons. The largest absolute Gasteiger partial charge is 0.396 e. The quantitative estimate of drug-likeness (QED) is 0.452. The van der Waals surface area contributed by atoms with Gasteiger partial charge in [0, 0.05) is 23.2 Å². The molecular weight excluding hydrogens is 178 g/mol. The van der Waals surface area contributed by atoms with Crippen molar-refractivity contribution in [3.05, 3.63) is 18.5 Å². The lowest BCUT2D eigenvalue weighted by Crippen LogP contribution is -2.05. The Kier molecular flexibility index (Phi) is 1.60.